The van der Waals surface area contributed by atoms with Crippen LogP contribution in [0, 0.1) is 0 Å². The molecule has 3 N–H and O–H groups in total. The molecule has 0 aliphatic carbocycles. The second kappa shape index (κ2) is 7.25. The van der Waals surface area contributed by atoms with Crippen molar-refractivity contribution < 1.29 is 9.53 Å². The SMILES string of the molecule is Cn1cccc1CC(=O)NNC(=S)NC[C@@H]1CCCO1. The quantitative estimate of drug-likeness (QED) is 0.549. The zero-order valence-corrected chi connectivity index (χ0v) is 12.3. The van der Waals surface area contributed by atoms with Crippen molar-refractivity contribution in [2.45, 2.75) is 25.4 Å². The smallest absolute Gasteiger partial charge is 0.244 e. The van der Waals surface area contributed by atoms with Gasteiger partial charge in [-0.15, -0.1) is 0 Å². The third-order valence-corrected chi connectivity index (χ3v) is 3.47. The van der Waals surface area contributed by atoms with Crippen molar-refractivity contribution in [2.24, 2.45) is 7.05 Å². The van der Waals surface area contributed by atoms with Gasteiger partial charge in [-0.05, 0) is 37.2 Å². The summed E-state index contributed by atoms with van der Waals surface area (Å²) in [4.78, 5) is 11.7. The summed E-state index contributed by atoms with van der Waals surface area (Å²) in [5.74, 6) is -0.131. The zero-order valence-electron chi connectivity index (χ0n) is 11.5. The first-order valence-electron chi connectivity index (χ1n) is 6.69. The number of nitrogens with zero attached hydrogens (tertiary/aromatic N) is 1. The van der Waals surface area contributed by atoms with Gasteiger partial charge in [0, 0.05) is 32.1 Å². The summed E-state index contributed by atoms with van der Waals surface area (Å²) in [6.45, 7) is 1.49. The van der Waals surface area contributed by atoms with Gasteiger partial charge < -0.3 is 14.6 Å². The van der Waals surface area contributed by atoms with E-state index in [0.717, 1.165) is 25.1 Å². The van der Waals surface area contributed by atoms with E-state index in [-0.39, 0.29) is 12.0 Å². The highest BCUT2D eigenvalue weighted by molar-refractivity contribution is 7.80. The molecule has 1 aromatic heterocycles. The van der Waals surface area contributed by atoms with Crippen LogP contribution < -0.4 is 16.2 Å². The minimum atomic E-state index is -0.131. The van der Waals surface area contributed by atoms with Crippen molar-refractivity contribution in [1.29, 1.82) is 0 Å². The molecule has 0 bridgehead atoms. The molecule has 1 aromatic rings. The number of aryl methyl sites for hydroxylation is 1. The van der Waals surface area contributed by atoms with E-state index in [1.807, 2.05) is 29.9 Å². The first-order chi connectivity index (χ1) is 9.65. The monoisotopic (exact) mass is 296 g/mol. The van der Waals surface area contributed by atoms with Gasteiger partial charge in [0.15, 0.2) is 5.11 Å². The summed E-state index contributed by atoms with van der Waals surface area (Å²) in [6.07, 6.45) is 4.58. The van der Waals surface area contributed by atoms with Crippen molar-refractivity contribution in [3.8, 4) is 0 Å². The lowest BCUT2D eigenvalue weighted by molar-refractivity contribution is -0.121. The Labute approximate surface area is 123 Å². The average molecular weight is 296 g/mol. The molecule has 20 heavy (non-hydrogen) atoms. The van der Waals surface area contributed by atoms with Crippen LogP contribution in [-0.4, -0.2) is 34.8 Å². The largest absolute Gasteiger partial charge is 0.376 e. The maximum Gasteiger partial charge on any atom is 0.244 e. The number of aromatic nitrogens is 1. The van der Waals surface area contributed by atoms with Gasteiger partial charge in [-0.1, -0.05) is 0 Å². The van der Waals surface area contributed by atoms with E-state index in [4.69, 9.17) is 17.0 Å². The van der Waals surface area contributed by atoms with Crippen LogP contribution in [0.1, 0.15) is 18.5 Å². The van der Waals surface area contributed by atoms with Crippen molar-refractivity contribution in [3.63, 3.8) is 0 Å². The van der Waals surface area contributed by atoms with E-state index in [0.29, 0.717) is 18.1 Å². The molecule has 1 atom stereocenters. The van der Waals surface area contributed by atoms with Gasteiger partial charge in [0.1, 0.15) is 0 Å². The Balaban J connectivity index is 1.62. The molecular weight excluding hydrogens is 276 g/mol. The molecule has 0 aromatic carbocycles. The predicted molar refractivity (Wildman–Crippen MR) is 80.0 cm³/mol. The van der Waals surface area contributed by atoms with Crippen LogP contribution >= 0.6 is 12.2 Å². The van der Waals surface area contributed by atoms with Crippen LogP contribution in [0.2, 0.25) is 0 Å². The number of thiocarbonyl (C=S) groups is 1. The highest BCUT2D eigenvalue weighted by Crippen LogP contribution is 2.10. The molecule has 0 radical (unpaired) electrons. The van der Waals surface area contributed by atoms with Crippen LogP contribution in [0.5, 0.6) is 0 Å². The second-order valence-corrected chi connectivity index (χ2v) is 5.21. The molecule has 1 amide bonds. The fourth-order valence-corrected chi connectivity index (χ4v) is 2.21. The van der Waals surface area contributed by atoms with E-state index in [1.165, 1.54) is 0 Å². The molecule has 0 spiro atoms. The standard InChI is InChI=1S/C13H20N4O2S/c1-17-6-2-4-10(17)8-12(18)15-16-13(20)14-9-11-5-3-7-19-11/h2,4,6,11H,3,5,7-9H2,1H3,(H,15,18)(H2,14,16,20)/t11-/m0/s1. The molecule has 7 heteroatoms. The van der Waals surface area contributed by atoms with Gasteiger partial charge in [0.25, 0.3) is 0 Å². The van der Waals surface area contributed by atoms with Gasteiger partial charge >= 0.3 is 0 Å². The Hall–Kier alpha value is -1.60. The van der Waals surface area contributed by atoms with Gasteiger partial charge in [-0.3, -0.25) is 15.6 Å². The second-order valence-electron chi connectivity index (χ2n) is 4.81. The van der Waals surface area contributed by atoms with Gasteiger partial charge in [0.05, 0.1) is 12.5 Å². The summed E-state index contributed by atoms with van der Waals surface area (Å²) in [5, 5.41) is 3.43. The molecular formula is C13H20N4O2S. The summed E-state index contributed by atoms with van der Waals surface area (Å²) < 4.78 is 7.38. The van der Waals surface area contributed by atoms with Crippen LogP contribution in [0.15, 0.2) is 18.3 Å². The number of nitrogens with one attached hydrogen (secondary N) is 3. The minimum absolute atomic E-state index is 0.131. The lowest BCUT2D eigenvalue weighted by Gasteiger charge is -2.14. The molecule has 1 fully saturated rings. The molecule has 2 rings (SSSR count). The number of ether oxygens (including phenoxy) is 1. The van der Waals surface area contributed by atoms with Crippen LogP contribution in [0.3, 0.4) is 0 Å². The van der Waals surface area contributed by atoms with Crippen molar-refractivity contribution in [1.82, 2.24) is 20.7 Å². The number of hydrogen-bond donors (Lipinski definition) is 3. The lowest BCUT2D eigenvalue weighted by Crippen LogP contribution is -2.48. The Morgan fingerprint density at radius 2 is 2.40 bits per heavy atom. The molecule has 0 unspecified atom stereocenters. The third kappa shape index (κ3) is 4.50. The number of hydrogen-bond acceptors (Lipinski definition) is 3. The molecule has 1 aliphatic heterocycles. The van der Waals surface area contributed by atoms with Gasteiger partial charge in [-0.2, -0.15) is 0 Å². The average Bonchev–Trinajstić information content (AvgIpc) is 3.07. The lowest BCUT2D eigenvalue weighted by atomic mass is 10.2. The van der Waals surface area contributed by atoms with E-state index < -0.39 is 0 Å². The Morgan fingerprint density at radius 1 is 1.55 bits per heavy atom. The molecule has 1 saturated heterocycles. The number of carbonyl (C=O) groups is 1. The number of rotatable bonds is 4. The van der Waals surface area contributed by atoms with Gasteiger partial charge in [-0.25, -0.2) is 0 Å². The fraction of sp³-hybridized carbons (Fsp3) is 0.538. The van der Waals surface area contributed by atoms with Crippen molar-refractivity contribution >= 4 is 23.2 Å². The minimum Gasteiger partial charge on any atom is -0.376 e. The van der Waals surface area contributed by atoms with E-state index in [1.54, 1.807) is 0 Å². The van der Waals surface area contributed by atoms with Crippen molar-refractivity contribution in [2.75, 3.05) is 13.2 Å². The number of amides is 1. The topological polar surface area (TPSA) is 67.3 Å². The van der Waals surface area contributed by atoms with E-state index in [2.05, 4.69) is 16.2 Å². The summed E-state index contributed by atoms with van der Waals surface area (Å²) in [6, 6.07) is 3.82. The van der Waals surface area contributed by atoms with Crippen LogP contribution in [-0.2, 0) is 23.0 Å². The Kier molecular flexibility index (Phi) is 5.37. The molecule has 6 nitrogen and oxygen atoms in total. The maximum atomic E-state index is 11.7. The summed E-state index contributed by atoms with van der Waals surface area (Å²) >= 11 is 5.08. The Bertz CT molecular complexity index is 469. The summed E-state index contributed by atoms with van der Waals surface area (Å²) in [5.41, 5.74) is 6.22. The first-order valence-corrected chi connectivity index (χ1v) is 7.10. The van der Waals surface area contributed by atoms with E-state index in [9.17, 15) is 4.79 Å². The molecule has 110 valence electrons. The zero-order chi connectivity index (χ0) is 14.4. The molecule has 1 aliphatic rings. The van der Waals surface area contributed by atoms with Gasteiger partial charge in [0.2, 0.25) is 5.91 Å². The predicted octanol–water partition coefficient (Wildman–Crippen LogP) is 0.242. The van der Waals surface area contributed by atoms with Crippen molar-refractivity contribution in [3.05, 3.63) is 24.0 Å². The first kappa shape index (κ1) is 14.8. The number of carbonyl (C=O) groups excluding carboxylic acids is 1. The maximum absolute atomic E-state index is 11.7. The number of hydrazine groups is 1. The van der Waals surface area contributed by atoms with Crippen LogP contribution in [0.4, 0.5) is 0 Å². The van der Waals surface area contributed by atoms with E-state index >= 15 is 0 Å². The molecule has 2 heterocycles. The fourth-order valence-electron chi connectivity index (χ4n) is 2.07. The highest BCUT2D eigenvalue weighted by atomic mass is 32.1. The third-order valence-electron chi connectivity index (χ3n) is 3.22. The van der Waals surface area contributed by atoms with Crippen LogP contribution in [0.25, 0.3) is 0 Å². The summed E-state index contributed by atoms with van der Waals surface area (Å²) in [7, 11) is 1.91. The molecule has 0 saturated carbocycles. The Morgan fingerprint density at radius 3 is 3.05 bits per heavy atom. The normalized spacial score (nSPS) is 17.8. The highest BCUT2D eigenvalue weighted by Gasteiger charge is 2.15.